The number of nitrogens with zero attached hydrogens (tertiary/aromatic N) is 3. The van der Waals surface area contributed by atoms with Crippen LogP contribution in [0.25, 0.3) is 22.2 Å². The maximum Gasteiger partial charge on any atom is 0.126 e. The van der Waals surface area contributed by atoms with E-state index < -0.39 is 0 Å². The number of fused-ring (bicyclic) bond motifs is 1. The number of rotatable bonds is 4. The molecule has 4 rings (SSSR count). The highest BCUT2D eigenvalue weighted by Crippen LogP contribution is 2.28. The minimum Gasteiger partial charge on any atom is -0.384 e. The molecule has 4 aromatic rings. The highest BCUT2D eigenvalue weighted by atomic mass is 15.1. The molecule has 0 aliphatic rings. The first-order valence-corrected chi connectivity index (χ1v) is 7.63. The predicted molar refractivity (Wildman–Crippen MR) is 94.4 cm³/mol. The van der Waals surface area contributed by atoms with Crippen molar-refractivity contribution in [2.45, 2.75) is 13.5 Å². The van der Waals surface area contributed by atoms with Gasteiger partial charge in [-0.15, -0.1) is 0 Å². The fourth-order valence-corrected chi connectivity index (χ4v) is 2.72. The second-order valence-corrected chi connectivity index (χ2v) is 5.62. The number of nitrogen functional groups attached to an aromatic ring is 1. The third kappa shape index (κ3) is 2.56. The Labute approximate surface area is 138 Å². The Morgan fingerprint density at radius 1 is 1.21 bits per heavy atom. The van der Waals surface area contributed by atoms with Crippen molar-refractivity contribution in [3.63, 3.8) is 0 Å². The van der Waals surface area contributed by atoms with Crippen molar-refractivity contribution in [1.29, 1.82) is 0 Å². The molecule has 5 N–H and O–H groups in total. The van der Waals surface area contributed by atoms with E-state index in [2.05, 4.69) is 30.5 Å². The van der Waals surface area contributed by atoms with Crippen LogP contribution in [0.15, 0.2) is 42.9 Å². The largest absolute Gasteiger partial charge is 0.384 e. The Morgan fingerprint density at radius 2 is 2.12 bits per heavy atom. The van der Waals surface area contributed by atoms with Crippen molar-refractivity contribution >= 4 is 22.4 Å². The van der Waals surface area contributed by atoms with E-state index >= 15 is 0 Å². The van der Waals surface area contributed by atoms with Crippen LogP contribution < -0.4 is 11.1 Å². The number of benzene rings is 1. The summed E-state index contributed by atoms with van der Waals surface area (Å²) in [6.07, 6.45) is 3.42. The van der Waals surface area contributed by atoms with Gasteiger partial charge in [-0.2, -0.15) is 5.10 Å². The van der Waals surface area contributed by atoms with Gasteiger partial charge in [-0.25, -0.2) is 9.97 Å². The van der Waals surface area contributed by atoms with Gasteiger partial charge in [0.25, 0.3) is 0 Å². The number of hydrogen-bond donors (Lipinski definition) is 4. The van der Waals surface area contributed by atoms with E-state index in [1.807, 2.05) is 37.3 Å². The van der Waals surface area contributed by atoms with E-state index in [1.165, 1.54) is 0 Å². The van der Waals surface area contributed by atoms with Gasteiger partial charge in [-0.3, -0.25) is 5.10 Å². The van der Waals surface area contributed by atoms with Crippen molar-refractivity contribution < 1.29 is 0 Å². The highest BCUT2D eigenvalue weighted by Gasteiger charge is 2.08. The smallest absolute Gasteiger partial charge is 0.126 e. The molecule has 0 saturated heterocycles. The Balaban J connectivity index is 1.71. The second-order valence-electron chi connectivity index (χ2n) is 5.62. The fourth-order valence-electron chi connectivity index (χ4n) is 2.72. The second kappa shape index (κ2) is 5.69. The number of aromatic amines is 2. The molecule has 3 heterocycles. The maximum atomic E-state index is 5.98. The van der Waals surface area contributed by atoms with Crippen LogP contribution in [-0.4, -0.2) is 25.1 Å². The molecular weight excluding hydrogens is 302 g/mol. The molecule has 120 valence electrons. The summed E-state index contributed by atoms with van der Waals surface area (Å²) in [6.45, 7) is 2.62. The first-order chi connectivity index (χ1) is 11.7. The number of H-pyrrole nitrogens is 2. The monoisotopic (exact) mass is 319 g/mol. The molecule has 24 heavy (non-hydrogen) atoms. The fraction of sp³-hybridized carbons (Fsp3) is 0.118. The lowest BCUT2D eigenvalue weighted by Crippen LogP contribution is -2.03. The molecule has 0 saturated carbocycles. The number of anilines is 2. The average molecular weight is 319 g/mol. The van der Waals surface area contributed by atoms with Crippen LogP contribution in [0.5, 0.6) is 0 Å². The number of aromatic nitrogens is 5. The van der Waals surface area contributed by atoms with E-state index in [0.717, 1.165) is 39.2 Å². The Bertz CT molecular complexity index is 986. The molecule has 7 heteroatoms. The lowest BCUT2D eigenvalue weighted by molar-refractivity contribution is 1.05. The van der Waals surface area contributed by atoms with Gasteiger partial charge >= 0.3 is 0 Å². The summed E-state index contributed by atoms with van der Waals surface area (Å²) >= 11 is 0. The number of nitrogens with one attached hydrogen (secondary N) is 3. The zero-order chi connectivity index (χ0) is 16.5. The molecule has 1 aromatic carbocycles. The van der Waals surface area contributed by atoms with E-state index in [-0.39, 0.29) is 0 Å². The van der Waals surface area contributed by atoms with E-state index in [4.69, 9.17) is 5.73 Å². The third-order valence-electron chi connectivity index (χ3n) is 4.02. The molecule has 7 nitrogen and oxygen atoms in total. The van der Waals surface area contributed by atoms with Gasteiger partial charge in [0.05, 0.1) is 29.8 Å². The van der Waals surface area contributed by atoms with Crippen molar-refractivity contribution in [2.24, 2.45) is 0 Å². The number of aryl methyl sites for hydroxylation is 1. The van der Waals surface area contributed by atoms with Gasteiger partial charge in [-0.05, 0) is 19.1 Å². The Hall–Kier alpha value is -3.35. The van der Waals surface area contributed by atoms with E-state index in [0.29, 0.717) is 12.4 Å². The van der Waals surface area contributed by atoms with Gasteiger partial charge in [0.1, 0.15) is 5.82 Å². The Morgan fingerprint density at radius 3 is 2.88 bits per heavy atom. The highest BCUT2D eigenvalue weighted by molar-refractivity contribution is 5.95. The topological polar surface area (TPSA) is 108 Å². The number of hydrogen-bond acceptors (Lipinski definition) is 5. The average Bonchev–Trinajstić information content (AvgIpc) is 3.23. The summed E-state index contributed by atoms with van der Waals surface area (Å²) in [5.74, 6) is 0.477. The van der Waals surface area contributed by atoms with Gasteiger partial charge in [-0.1, -0.05) is 12.1 Å². The number of pyridine rings is 1. The molecule has 0 amide bonds. The van der Waals surface area contributed by atoms with Crippen molar-refractivity contribution in [2.75, 3.05) is 11.1 Å². The van der Waals surface area contributed by atoms with Crippen LogP contribution in [0.3, 0.4) is 0 Å². The van der Waals surface area contributed by atoms with Crippen LogP contribution in [0, 0.1) is 6.92 Å². The molecule has 0 unspecified atom stereocenters. The first kappa shape index (κ1) is 14.3. The summed E-state index contributed by atoms with van der Waals surface area (Å²) < 4.78 is 0. The van der Waals surface area contributed by atoms with Crippen molar-refractivity contribution in [1.82, 2.24) is 25.1 Å². The van der Waals surface area contributed by atoms with Gasteiger partial charge < -0.3 is 16.0 Å². The number of nitrogens with two attached hydrogens (primary N) is 1. The molecule has 0 fully saturated rings. The van der Waals surface area contributed by atoms with Gasteiger partial charge in [0, 0.05) is 34.6 Å². The van der Waals surface area contributed by atoms with Crippen molar-refractivity contribution in [3.05, 3.63) is 54.2 Å². The SMILES string of the molecule is Cc1[nH]cnc1CNc1cc(N)nc2cc(-c3ccn[nH]3)ccc12. The summed E-state index contributed by atoms with van der Waals surface area (Å²) in [5.41, 5.74) is 11.8. The standard InChI is InChI=1S/C17H17N7/c1-10-16(21-9-20-10)8-19-14-7-17(18)23-15-6-11(2-3-12(14)15)13-4-5-22-24-13/h2-7,9H,8H2,1H3,(H,20,21)(H,22,24)(H3,18,19,23). The lowest BCUT2D eigenvalue weighted by Gasteiger charge is -2.11. The molecule has 0 bridgehead atoms. The molecule has 3 aromatic heterocycles. The molecule has 0 radical (unpaired) electrons. The quantitative estimate of drug-likeness (QED) is 0.462. The van der Waals surface area contributed by atoms with Crippen molar-refractivity contribution in [3.8, 4) is 11.3 Å². The molecule has 0 spiro atoms. The molecule has 0 atom stereocenters. The minimum atomic E-state index is 0.477. The summed E-state index contributed by atoms with van der Waals surface area (Å²) in [6, 6.07) is 9.85. The third-order valence-corrected chi connectivity index (χ3v) is 4.02. The normalized spacial score (nSPS) is 11.0. The van der Waals surface area contributed by atoms with Crippen LogP contribution in [0.2, 0.25) is 0 Å². The Kier molecular flexibility index (Phi) is 3.38. The van der Waals surface area contributed by atoms with Crippen LogP contribution in [0.4, 0.5) is 11.5 Å². The van der Waals surface area contributed by atoms with Crippen LogP contribution >= 0.6 is 0 Å². The molecular formula is C17H17N7. The first-order valence-electron chi connectivity index (χ1n) is 7.63. The van der Waals surface area contributed by atoms with Crippen LogP contribution in [0.1, 0.15) is 11.4 Å². The zero-order valence-electron chi connectivity index (χ0n) is 13.2. The predicted octanol–water partition coefficient (Wildman–Crippen LogP) is 2.85. The molecule has 0 aliphatic carbocycles. The summed E-state index contributed by atoms with van der Waals surface area (Å²) in [4.78, 5) is 11.8. The zero-order valence-corrected chi connectivity index (χ0v) is 13.2. The summed E-state index contributed by atoms with van der Waals surface area (Å²) in [7, 11) is 0. The number of imidazole rings is 1. The van der Waals surface area contributed by atoms with E-state index in [1.54, 1.807) is 12.5 Å². The van der Waals surface area contributed by atoms with Gasteiger partial charge in [0.2, 0.25) is 0 Å². The summed E-state index contributed by atoms with van der Waals surface area (Å²) in [5, 5.41) is 11.4. The van der Waals surface area contributed by atoms with E-state index in [9.17, 15) is 0 Å². The van der Waals surface area contributed by atoms with Gasteiger partial charge in [0.15, 0.2) is 0 Å². The minimum absolute atomic E-state index is 0.477. The lowest BCUT2D eigenvalue weighted by atomic mass is 10.1. The maximum absolute atomic E-state index is 5.98. The molecule has 0 aliphatic heterocycles. The van der Waals surface area contributed by atoms with Crippen LogP contribution in [-0.2, 0) is 6.54 Å².